The molecular formula is C36H38N12O. The van der Waals surface area contributed by atoms with E-state index in [9.17, 15) is 0 Å². The molecule has 8 heterocycles. The van der Waals surface area contributed by atoms with Crippen LogP contribution in [0, 0.1) is 22.9 Å². The summed E-state index contributed by atoms with van der Waals surface area (Å²) in [7, 11) is 0. The van der Waals surface area contributed by atoms with Crippen LogP contribution in [0.3, 0.4) is 0 Å². The monoisotopic (exact) mass is 654 g/mol. The van der Waals surface area contributed by atoms with Gasteiger partial charge in [0.2, 0.25) is 12.4 Å². The van der Waals surface area contributed by atoms with E-state index >= 15 is 0 Å². The van der Waals surface area contributed by atoms with E-state index in [4.69, 9.17) is 15.3 Å². The molecule has 2 aliphatic heterocycles. The van der Waals surface area contributed by atoms with Crippen LogP contribution >= 0.6 is 0 Å². The van der Waals surface area contributed by atoms with Crippen LogP contribution < -0.4 is 5.32 Å². The number of hydrogen-bond acceptors (Lipinski definition) is 10. The third-order valence-corrected chi connectivity index (χ3v) is 9.01. The van der Waals surface area contributed by atoms with Gasteiger partial charge in [-0.3, -0.25) is 0 Å². The highest BCUT2D eigenvalue weighted by molar-refractivity contribution is 6.06. The molecule has 0 bridgehead atoms. The second kappa shape index (κ2) is 15.3. The Kier molecular flexibility index (Phi) is 10.3. The number of aliphatic imine (C=N–C) groups is 2. The number of fused-ring (bicyclic) bond motifs is 6. The minimum Gasteiger partial charge on any atom is -0.481 e. The number of nitrogens with one attached hydrogen (secondary N) is 3. The van der Waals surface area contributed by atoms with Gasteiger partial charge in [-0.25, -0.2) is 19.9 Å². The van der Waals surface area contributed by atoms with Crippen LogP contribution in [0.2, 0.25) is 0 Å². The fourth-order valence-corrected chi connectivity index (χ4v) is 6.73. The number of hydrogen-bond donors (Lipinski definition) is 3. The Labute approximate surface area is 283 Å². The smallest absolute Gasteiger partial charge is 0.208 e. The van der Waals surface area contributed by atoms with E-state index in [2.05, 4.69) is 68.3 Å². The summed E-state index contributed by atoms with van der Waals surface area (Å²) in [5.41, 5.74) is 6.48. The second-order valence-corrected chi connectivity index (χ2v) is 11.9. The molecule has 0 spiro atoms. The first-order chi connectivity index (χ1) is 24.0. The molecule has 13 nitrogen and oxygen atoms in total. The van der Waals surface area contributed by atoms with Crippen LogP contribution in [0.4, 0.5) is 0 Å². The molecule has 2 unspecified atom stereocenters. The zero-order valence-electron chi connectivity index (χ0n) is 27.8. The lowest BCUT2D eigenvalue weighted by atomic mass is 9.94. The topological polar surface area (TPSA) is 180 Å². The molecule has 2 saturated heterocycles. The Morgan fingerprint density at radius 2 is 1.47 bits per heavy atom. The molecular weight excluding hydrogens is 616 g/mol. The van der Waals surface area contributed by atoms with Crippen LogP contribution in [-0.4, -0.2) is 79.3 Å². The molecule has 0 aliphatic carbocycles. The van der Waals surface area contributed by atoms with Crippen LogP contribution in [-0.2, 0) is 4.74 Å². The number of aromatic amines is 2. The fourth-order valence-electron chi connectivity index (χ4n) is 6.73. The fraction of sp³-hybridized carbons (Fsp3) is 0.333. The Bertz CT molecular complexity index is 2210. The van der Waals surface area contributed by atoms with Crippen molar-refractivity contribution >= 4 is 55.6 Å². The van der Waals surface area contributed by atoms with Crippen LogP contribution in [0.1, 0.15) is 56.6 Å². The Morgan fingerprint density at radius 1 is 0.857 bits per heavy atom. The maximum Gasteiger partial charge on any atom is 0.208 e. The van der Waals surface area contributed by atoms with Gasteiger partial charge < -0.3 is 24.9 Å². The first-order valence-corrected chi connectivity index (χ1v) is 16.4. The number of ether oxygens (including phenoxy) is 1. The van der Waals surface area contributed by atoms with Crippen molar-refractivity contribution in [1.82, 2.24) is 40.1 Å². The largest absolute Gasteiger partial charge is 0.481 e. The van der Waals surface area contributed by atoms with Crippen LogP contribution in [0.25, 0.3) is 43.9 Å². The van der Waals surface area contributed by atoms with Gasteiger partial charge in [0.1, 0.15) is 5.84 Å². The summed E-state index contributed by atoms with van der Waals surface area (Å²) in [5, 5.41) is 24.9. The van der Waals surface area contributed by atoms with Crippen molar-refractivity contribution in [1.29, 1.82) is 10.5 Å². The van der Waals surface area contributed by atoms with Gasteiger partial charge in [0.15, 0.2) is 17.2 Å². The highest BCUT2D eigenvalue weighted by atomic mass is 16.5. The van der Waals surface area contributed by atoms with Crippen molar-refractivity contribution in [2.45, 2.75) is 45.4 Å². The molecule has 0 amide bonds. The number of amidine groups is 1. The van der Waals surface area contributed by atoms with E-state index in [0.717, 1.165) is 71.5 Å². The number of nitrogens with zero attached hydrogens (tertiary/aromatic N) is 9. The summed E-state index contributed by atoms with van der Waals surface area (Å²) in [6.07, 6.45) is 17.1. The predicted octanol–water partition coefficient (Wildman–Crippen LogP) is 5.91. The van der Waals surface area contributed by atoms with E-state index in [0.29, 0.717) is 24.3 Å². The number of nitriles is 2. The quantitative estimate of drug-likeness (QED) is 0.119. The van der Waals surface area contributed by atoms with Crippen molar-refractivity contribution in [2.75, 3.05) is 32.8 Å². The van der Waals surface area contributed by atoms with Crippen molar-refractivity contribution in [2.24, 2.45) is 9.98 Å². The van der Waals surface area contributed by atoms with Crippen molar-refractivity contribution in [3.8, 4) is 12.4 Å². The average molecular weight is 655 g/mol. The van der Waals surface area contributed by atoms with Gasteiger partial charge in [0, 0.05) is 78.8 Å². The number of pyridine rings is 4. The lowest BCUT2D eigenvalue weighted by molar-refractivity contribution is 0.325. The maximum atomic E-state index is 8.73. The first kappa shape index (κ1) is 33.0. The summed E-state index contributed by atoms with van der Waals surface area (Å²) in [6.45, 7) is 9.94. The standard InChI is InChI=1S/C17H16N6.C14H14N4.C5H8N2O/c1-11(22-10-18)23-7-4-12(9-23)13-2-5-19-15-8-21-17-14(16(13)15)3-6-20-17;1-4-15-7-9(1)10-2-5-16-12-8-18-14-11(13(10)12)3-6-17-14;1-3-8-5(2)7-4-6/h2-3,5-6,8,12,19H,4,7,9H2,1H3;2-3,5-6,8-9,15-16H,1,4,7H2;3H2,1-2H3. The minimum atomic E-state index is 0.413. The van der Waals surface area contributed by atoms with Crippen LogP contribution in [0.15, 0.2) is 71.4 Å². The minimum absolute atomic E-state index is 0.413. The molecule has 2 fully saturated rings. The molecule has 8 rings (SSSR count). The molecule has 6 aromatic heterocycles. The summed E-state index contributed by atoms with van der Waals surface area (Å²) in [4.78, 5) is 33.3. The van der Waals surface area contributed by atoms with E-state index in [1.165, 1.54) is 28.3 Å². The van der Waals surface area contributed by atoms with Crippen molar-refractivity contribution < 1.29 is 4.74 Å². The highest BCUT2D eigenvalue weighted by Crippen LogP contribution is 2.35. The van der Waals surface area contributed by atoms with Crippen molar-refractivity contribution in [3.63, 3.8) is 0 Å². The number of rotatable bonds is 3. The molecule has 13 heteroatoms. The summed E-state index contributed by atoms with van der Waals surface area (Å²) >= 11 is 0. The van der Waals surface area contributed by atoms with E-state index in [1.54, 1.807) is 19.3 Å². The van der Waals surface area contributed by atoms with E-state index in [-0.39, 0.29) is 0 Å². The second-order valence-electron chi connectivity index (χ2n) is 11.9. The third-order valence-electron chi connectivity index (χ3n) is 9.01. The van der Waals surface area contributed by atoms with Gasteiger partial charge >= 0.3 is 0 Å². The molecule has 0 saturated carbocycles. The zero-order valence-corrected chi connectivity index (χ0v) is 27.8. The lowest BCUT2D eigenvalue weighted by Gasteiger charge is -2.18. The van der Waals surface area contributed by atoms with Crippen LogP contribution in [0.5, 0.6) is 0 Å². The SMILES string of the molecule is CC(=NC#N)N1CCC(c2cc[nH]c3cnc4nccc4c23)C1.CCOC(C)=NC#N.c1cc2c(n1)ncc1[nH]ccc(C3CCNC3)c12. The number of H-pyrrole nitrogens is 2. The Morgan fingerprint density at radius 3 is 2.02 bits per heavy atom. The summed E-state index contributed by atoms with van der Waals surface area (Å²) in [5.74, 6) is 2.23. The van der Waals surface area contributed by atoms with E-state index in [1.807, 2.05) is 57.1 Å². The summed E-state index contributed by atoms with van der Waals surface area (Å²) in [6, 6.07) is 8.44. The summed E-state index contributed by atoms with van der Waals surface area (Å²) < 4.78 is 4.81. The van der Waals surface area contributed by atoms with E-state index < -0.39 is 0 Å². The molecule has 0 radical (unpaired) electrons. The Balaban J connectivity index is 0.000000143. The predicted molar refractivity (Wildman–Crippen MR) is 191 cm³/mol. The third kappa shape index (κ3) is 7.17. The molecule has 2 aliphatic rings. The van der Waals surface area contributed by atoms with Gasteiger partial charge in [0.05, 0.1) is 30.0 Å². The molecule has 2 atom stereocenters. The molecule has 248 valence electrons. The maximum absolute atomic E-state index is 8.73. The van der Waals surface area contributed by atoms with Gasteiger partial charge in [-0.2, -0.15) is 15.5 Å². The van der Waals surface area contributed by atoms with Gasteiger partial charge in [-0.05, 0) is 74.5 Å². The van der Waals surface area contributed by atoms with Gasteiger partial charge in [-0.1, -0.05) is 0 Å². The average Bonchev–Trinajstić information content (AvgIpc) is 3.96. The number of aromatic nitrogens is 6. The molecule has 0 aromatic carbocycles. The van der Waals surface area contributed by atoms with Gasteiger partial charge in [-0.15, -0.1) is 4.99 Å². The normalized spacial score (nSPS) is 17.8. The lowest BCUT2D eigenvalue weighted by Crippen LogP contribution is -2.25. The van der Waals surface area contributed by atoms with Gasteiger partial charge in [0.25, 0.3) is 0 Å². The first-order valence-electron chi connectivity index (χ1n) is 16.4. The molecule has 3 N–H and O–H groups in total. The number of likely N-dealkylation sites (tertiary alicyclic amines) is 1. The molecule has 6 aromatic rings. The zero-order chi connectivity index (χ0) is 34.2. The molecule has 49 heavy (non-hydrogen) atoms. The van der Waals surface area contributed by atoms with Crippen molar-refractivity contribution in [3.05, 3.63) is 72.6 Å². The highest BCUT2D eigenvalue weighted by Gasteiger charge is 2.27. The Hall–Kier alpha value is -5.92.